The minimum absolute atomic E-state index is 0.674. The monoisotopic (exact) mass is 386 g/mol. The predicted octanol–water partition coefficient (Wildman–Crippen LogP) is 4.76. The van der Waals surface area contributed by atoms with E-state index in [1.807, 2.05) is 60.7 Å². The standard InChI is InChI=1S/C17H12BrClN4/c18-13-5-9-15(10-6-13)21-23-17(16-2-1-11-20-22-16)12-3-7-14(19)8-4-12/h1-11,21H/b23-17-. The number of hydrogen-bond donors (Lipinski definition) is 1. The molecule has 1 heterocycles. The van der Waals surface area contributed by atoms with E-state index in [9.17, 15) is 0 Å². The van der Waals surface area contributed by atoms with Crippen molar-refractivity contribution >= 4 is 38.9 Å². The van der Waals surface area contributed by atoms with Crippen molar-refractivity contribution in [2.24, 2.45) is 5.10 Å². The molecule has 0 amide bonds. The van der Waals surface area contributed by atoms with E-state index >= 15 is 0 Å². The van der Waals surface area contributed by atoms with Crippen LogP contribution in [0.25, 0.3) is 0 Å². The van der Waals surface area contributed by atoms with Gasteiger partial charge in [0.2, 0.25) is 0 Å². The molecule has 6 heteroatoms. The summed E-state index contributed by atoms with van der Waals surface area (Å²) in [6.45, 7) is 0. The Morgan fingerprint density at radius 3 is 2.39 bits per heavy atom. The van der Waals surface area contributed by atoms with Gasteiger partial charge in [0.25, 0.3) is 0 Å². The molecule has 4 nitrogen and oxygen atoms in total. The molecule has 0 bridgehead atoms. The van der Waals surface area contributed by atoms with Crippen molar-refractivity contribution in [3.8, 4) is 0 Å². The number of benzene rings is 2. The van der Waals surface area contributed by atoms with Crippen LogP contribution >= 0.6 is 27.5 Å². The molecule has 3 rings (SSSR count). The van der Waals surface area contributed by atoms with Crippen LogP contribution in [-0.2, 0) is 0 Å². The first-order valence-electron chi connectivity index (χ1n) is 6.86. The number of nitrogens with one attached hydrogen (secondary N) is 1. The molecule has 0 atom stereocenters. The molecule has 0 saturated heterocycles. The van der Waals surface area contributed by atoms with E-state index in [1.165, 1.54) is 0 Å². The molecule has 0 aliphatic heterocycles. The Kier molecular flexibility index (Phi) is 5.00. The van der Waals surface area contributed by atoms with Gasteiger partial charge in [-0.15, -0.1) is 5.10 Å². The number of hydrogen-bond acceptors (Lipinski definition) is 4. The Hall–Kier alpha value is -2.24. The smallest absolute Gasteiger partial charge is 0.118 e. The second kappa shape index (κ2) is 7.35. The van der Waals surface area contributed by atoms with Gasteiger partial charge in [0.05, 0.1) is 5.69 Å². The average Bonchev–Trinajstić information content (AvgIpc) is 2.59. The van der Waals surface area contributed by atoms with Crippen molar-refractivity contribution in [2.75, 3.05) is 5.43 Å². The Morgan fingerprint density at radius 1 is 1.00 bits per heavy atom. The van der Waals surface area contributed by atoms with E-state index in [0.29, 0.717) is 16.4 Å². The molecule has 0 fully saturated rings. The quantitative estimate of drug-likeness (QED) is 0.519. The van der Waals surface area contributed by atoms with Crippen LogP contribution in [0.5, 0.6) is 0 Å². The lowest BCUT2D eigenvalue weighted by atomic mass is 10.1. The normalized spacial score (nSPS) is 11.3. The van der Waals surface area contributed by atoms with Crippen molar-refractivity contribution < 1.29 is 0 Å². The summed E-state index contributed by atoms with van der Waals surface area (Å²) in [5.41, 5.74) is 6.20. The van der Waals surface area contributed by atoms with Crippen LogP contribution in [0.3, 0.4) is 0 Å². The third-order valence-corrected chi connectivity index (χ3v) is 3.85. The van der Waals surface area contributed by atoms with Gasteiger partial charge in [-0.3, -0.25) is 5.43 Å². The molecular weight excluding hydrogens is 376 g/mol. The van der Waals surface area contributed by atoms with Gasteiger partial charge in [0.15, 0.2) is 0 Å². The van der Waals surface area contributed by atoms with Crippen LogP contribution in [0.4, 0.5) is 5.69 Å². The van der Waals surface area contributed by atoms with Crippen molar-refractivity contribution in [3.05, 3.63) is 87.6 Å². The molecule has 3 aromatic rings. The lowest BCUT2D eigenvalue weighted by Crippen LogP contribution is -2.09. The Labute approximate surface area is 147 Å². The zero-order valence-corrected chi connectivity index (χ0v) is 14.3. The van der Waals surface area contributed by atoms with Crippen molar-refractivity contribution in [3.63, 3.8) is 0 Å². The number of anilines is 1. The fraction of sp³-hybridized carbons (Fsp3) is 0. The molecule has 114 valence electrons. The molecule has 0 spiro atoms. The van der Waals surface area contributed by atoms with Crippen LogP contribution in [-0.4, -0.2) is 15.9 Å². The number of hydrazone groups is 1. The number of nitrogens with zero attached hydrogens (tertiary/aromatic N) is 3. The maximum absolute atomic E-state index is 5.96. The molecular formula is C17H12BrClN4. The fourth-order valence-electron chi connectivity index (χ4n) is 1.95. The lowest BCUT2D eigenvalue weighted by molar-refractivity contribution is 1.01. The molecule has 1 aromatic heterocycles. The highest BCUT2D eigenvalue weighted by Crippen LogP contribution is 2.16. The lowest BCUT2D eigenvalue weighted by Gasteiger charge is -2.07. The third-order valence-electron chi connectivity index (χ3n) is 3.07. The van der Waals surface area contributed by atoms with Crippen LogP contribution in [0.1, 0.15) is 11.3 Å². The fourth-order valence-corrected chi connectivity index (χ4v) is 2.34. The van der Waals surface area contributed by atoms with Crippen molar-refractivity contribution in [2.45, 2.75) is 0 Å². The first-order chi connectivity index (χ1) is 11.2. The highest BCUT2D eigenvalue weighted by molar-refractivity contribution is 9.10. The van der Waals surface area contributed by atoms with Gasteiger partial charge in [-0.2, -0.15) is 10.2 Å². The summed E-state index contributed by atoms with van der Waals surface area (Å²) >= 11 is 9.37. The van der Waals surface area contributed by atoms with Crippen molar-refractivity contribution in [1.29, 1.82) is 0 Å². The zero-order chi connectivity index (χ0) is 16.1. The van der Waals surface area contributed by atoms with Gasteiger partial charge in [-0.25, -0.2) is 0 Å². The Balaban J connectivity index is 1.96. The number of rotatable bonds is 4. The summed E-state index contributed by atoms with van der Waals surface area (Å²) in [7, 11) is 0. The zero-order valence-electron chi connectivity index (χ0n) is 11.9. The predicted molar refractivity (Wildman–Crippen MR) is 96.9 cm³/mol. The van der Waals surface area contributed by atoms with E-state index in [4.69, 9.17) is 11.6 Å². The van der Waals surface area contributed by atoms with Gasteiger partial charge in [-0.1, -0.05) is 39.7 Å². The molecule has 23 heavy (non-hydrogen) atoms. The summed E-state index contributed by atoms with van der Waals surface area (Å²) < 4.78 is 1.01. The minimum atomic E-state index is 0.674. The second-order valence-electron chi connectivity index (χ2n) is 4.69. The molecule has 1 N–H and O–H groups in total. The molecule has 2 aromatic carbocycles. The van der Waals surface area contributed by atoms with E-state index in [-0.39, 0.29) is 0 Å². The van der Waals surface area contributed by atoms with Crippen LogP contribution in [0.15, 0.2) is 76.4 Å². The molecule has 0 aliphatic carbocycles. The van der Waals surface area contributed by atoms with Crippen LogP contribution < -0.4 is 5.43 Å². The molecule has 0 aliphatic rings. The Bertz CT molecular complexity index is 802. The van der Waals surface area contributed by atoms with Gasteiger partial charge in [-0.05, 0) is 48.5 Å². The second-order valence-corrected chi connectivity index (χ2v) is 6.05. The summed E-state index contributed by atoms with van der Waals surface area (Å²) in [4.78, 5) is 0. The van der Waals surface area contributed by atoms with Crippen LogP contribution in [0.2, 0.25) is 5.02 Å². The maximum atomic E-state index is 5.96. The number of aromatic nitrogens is 2. The SMILES string of the molecule is Clc1ccc(/C(=N/Nc2ccc(Br)cc2)c2cccnn2)cc1. The molecule has 0 radical (unpaired) electrons. The van der Waals surface area contributed by atoms with Crippen molar-refractivity contribution in [1.82, 2.24) is 10.2 Å². The largest absolute Gasteiger partial charge is 0.278 e. The van der Waals surface area contributed by atoms with Gasteiger partial charge in [0, 0.05) is 21.3 Å². The third kappa shape index (κ3) is 4.15. The topological polar surface area (TPSA) is 50.2 Å². The first kappa shape index (κ1) is 15.6. The maximum Gasteiger partial charge on any atom is 0.118 e. The number of halogens is 2. The van der Waals surface area contributed by atoms with E-state index in [0.717, 1.165) is 15.7 Å². The van der Waals surface area contributed by atoms with E-state index < -0.39 is 0 Å². The summed E-state index contributed by atoms with van der Waals surface area (Å²) in [6.07, 6.45) is 1.63. The molecule has 0 unspecified atom stereocenters. The highest BCUT2D eigenvalue weighted by atomic mass is 79.9. The first-order valence-corrected chi connectivity index (χ1v) is 8.03. The van der Waals surface area contributed by atoms with Gasteiger partial charge >= 0.3 is 0 Å². The van der Waals surface area contributed by atoms with Crippen LogP contribution in [0, 0.1) is 0 Å². The average molecular weight is 388 g/mol. The van der Waals surface area contributed by atoms with Gasteiger partial charge < -0.3 is 0 Å². The Morgan fingerprint density at radius 2 is 1.74 bits per heavy atom. The van der Waals surface area contributed by atoms with E-state index in [2.05, 4.69) is 36.7 Å². The van der Waals surface area contributed by atoms with Gasteiger partial charge in [0.1, 0.15) is 11.4 Å². The summed E-state index contributed by atoms with van der Waals surface area (Å²) in [5, 5.41) is 13.2. The highest BCUT2D eigenvalue weighted by Gasteiger charge is 2.09. The summed E-state index contributed by atoms with van der Waals surface area (Å²) in [6, 6.07) is 18.9. The minimum Gasteiger partial charge on any atom is -0.278 e. The summed E-state index contributed by atoms with van der Waals surface area (Å²) in [5.74, 6) is 0. The molecule has 0 saturated carbocycles. The van der Waals surface area contributed by atoms with E-state index in [1.54, 1.807) is 6.20 Å².